The van der Waals surface area contributed by atoms with E-state index in [-0.39, 0.29) is 5.57 Å². The summed E-state index contributed by atoms with van der Waals surface area (Å²) >= 11 is 4.76. The molecule has 3 aromatic rings. The number of halogens is 1. The molecule has 2 amide bonds. The number of nitrogens with two attached hydrogens (primary N) is 1. The first-order valence-electron chi connectivity index (χ1n) is 10.1. The molecule has 32 heavy (non-hydrogen) atoms. The van der Waals surface area contributed by atoms with Gasteiger partial charge in [-0.25, -0.2) is 0 Å². The zero-order valence-electron chi connectivity index (χ0n) is 17.3. The number of primary amides is 1. The summed E-state index contributed by atoms with van der Waals surface area (Å²) in [7, 11) is 0. The summed E-state index contributed by atoms with van der Waals surface area (Å²) in [6.45, 7) is 2.16. The van der Waals surface area contributed by atoms with Crippen LogP contribution in [0.1, 0.15) is 39.9 Å². The Kier molecular flexibility index (Phi) is 6.31. The molecular weight excluding hydrogens is 490 g/mol. The van der Waals surface area contributed by atoms with Gasteiger partial charge in [-0.1, -0.05) is 35.0 Å². The van der Waals surface area contributed by atoms with Crippen LogP contribution in [0.5, 0.6) is 0 Å². The van der Waals surface area contributed by atoms with E-state index in [0.29, 0.717) is 28.0 Å². The molecule has 0 radical (unpaired) electrons. The van der Waals surface area contributed by atoms with Crippen molar-refractivity contribution in [2.45, 2.75) is 26.2 Å². The van der Waals surface area contributed by atoms with E-state index in [1.165, 1.54) is 17.4 Å². The minimum atomic E-state index is -0.608. The van der Waals surface area contributed by atoms with Crippen LogP contribution in [0.15, 0.2) is 50.9 Å². The van der Waals surface area contributed by atoms with Gasteiger partial charge in [-0.3, -0.25) is 9.59 Å². The number of amides is 2. The molecule has 1 unspecified atom stereocenters. The van der Waals surface area contributed by atoms with E-state index < -0.39 is 11.8 Å². The van der Waals surface area contributed by atoms with E-state index >= 15 is 0 Å². The fourth-order valence-corrected chi connectivity index (χ4v) is 5.44. The topological polar surface area (TPSA) is 109 Å². The number of hydrogen-bond donors (Lipinski definition) is 2. The van der Waals surface area contributed by atoms with Gasteiger partial charge in [0.25, 0.3) is 11.8 Å². The van der Waals surface area contributed by atoms with Gasteiger partial charge in [0.05, 0.1) is 5.56 Å². The van der Waals surface area contributed by atoms with Crippen molar-refractivity contribution in [2.75, 3.05) is 5.32 Å². The second kappa shape index (κ2) is 9.15. The smallest absolute Gasteiger partial charge is 0.267 e. The molecule has 8 heteroatoms. The molecule has 6 nitrogen and oxygen atoms in total. The first-order valence-corrected chi connectivity index (χ1v) is 11.7. The first-order chi connectivity index (χ1) is 15.4. The molecule has 162 valence electrons. The lowest BCUT2D eigenvalue weighted by molar-refractivity contribution is -0.112. The molecule has 1 atom stereocenters. The third-order valence-corrected chi connectivity index (χ3v) is 7.09. The number of rotatable bonds is 5. The van der Waals surface area contributed by atoms with Crippen molar-refractivity contribution >= 4 is 50.2 Å². The number of furan rings is 1. The fourth-order valence-electron chi connectivity index (χ4n) is 3.76. The van der Waals surface area contributed by atoms with Crippen molar-refractivity contribution in [3.05, 3.63) is 68.2 Å². The summed E-state index contributed by atoms with van der Waals surface area (Å²) < 4.78 is 6.74. The number of nitriles is 1. The minimum absolute atomic E-state index is 0.128. The van der Waals surface area contributed by atoms with Crippen LogP contribution in [-0.2, 0) is 17.6 Å². The summed E-state index contributed by atoms with van der Waals surface area (Å²) in [4.78, 5) is 26.0. The van der Waals surface area contributed by atoms with E-state index in [1.807, 2.05) is 30.3 Å². The molecule has 4 rings (SSSR count). The molecule has 1 aliphatic carbocycles. The standard InChI is InChI=1S/C24H20BrN3O3S/c1-13-2-8-18-20(10-13)32-24(21(18)22(27)29)28-23(30)15(12-26)11-17-7-9-19(31-17)14-3-5-16(25)6-4-14/h3-7,9,11,13H,2,8,10H2,1H3,(H2,27,29)(H,28,30)/b15-11+. The molecule has 0 saturated carbocycles. The van der Waals surface area contributed by atoms with Crippen LogP contribution in [0, 0.1) is 17.2 Å². The number of nitrogens with zero attached hydrogens (tertiary/aromatic N) is 1. The number of anilines is 1. The number of nitrogens with one attached hydrogen (secondary N) is 1. The lowest BCUT2D eigenvalue weighted by Crippen LogP contribution is -2.19. The average molecular weight is 510 g/mol. The summed E-state index contributed by atoms with van der Waals surface area (Å²) in [6.07, 6.45) is 3.97. The molecule has 0 aliphatic heterocycles. The van der Waals surface area contributed by atoms with Gasteiger partial charge in [-0.2, -0.15) is 5.26 Å². The quantitative estimate of drug-likeness (QED) is 0.347. The van der Waals surface area contributed by atoms with Gasteiger partial charge in [0, 0.05) is 21.0 Å². The molecule has 2 heterocycles. The van der Waals surface area contributed by atoms with E-state index in [9.17, 15) is 14.9 Å². The highest BCUT2D eigenvalue weighted by molar-refractivity contribution is 9.10. The Morgan fingerprint density at radius 3 is 2.72 bits per heavy atom. The van der Waals surface area contributed by atoms with E-state index in [1.54, 1.807) is 12.1 Å². The fraction of sp³-hybridized carbons (Fsp3) is 0.208. The average Bonchev–Trinajstić information content (AvgIpc) is 3.36. The Hall–Kier alpha value is -3.15. The zero-order valence-corrected chi connectivity index (χ0v) is 19.7. The minimum Gasteiger partial charge on any atom is -0.457 e. The van der Waals surface area contributed by atoms with Crippen LogP contribution in [0.25, 0.3) is 17.4 Å². The molecule has 1 aromatic carbocycles. The lowest BCUT2D eigenvalue weighted by Gasteiger charge is -2.18. The van der Waals surface area contributed by atoms with Crippen LogP contribution in [0.4, 0.5) is 5.00 Å². The van der Waals surface area contributed by atoms with Crippen LogP contribution in [0.2, 0.25) is 0 Å². The summed E-state index contributed by atoms with van der Waals surface area (Å²) in [5.74, 6) is 0.337. The van der Waals surface area contributed by atoms with Crippen molar-refractivity contribution < 1.29 is 14.0 Å². The van der Waals surface area contributed by atoms with Gasteiger partial charge < -0.3 is 15.5 Å². The van der Waals surface area contributed by atoms with Gasteiger partial charge in [-0.05, 0) is 55.0 Å². The predicted molar refractivity (Wildman–Crippen MR) is 128 cm³/mol. The number of fused-ring (bicyclic) bond motifs is 1. The second-order valence-electron chi connectivity index (χ2n) is 7.75. The third kappa shape index (κ3) is 4.54. The molecule has 0 fully saturated rings. The largest absolute Gasteiger partial charge is 0.457 e. The predicted octanol–water partition coefficient (Wildman–Crippen LogP) is 5.54. The highest BCUT2D eigenvalue weighted by Gasteiger charge is 2.27. The Morgan fingerprint density at radius 2 is 2.03 bits per heavy atom. The van der Waals surface area contributed by atoms with Crippen molar-refractivity contribution in [3.8, 4) is 17.4 Å². The Balaban J connectivity index is 1.58. The van der Waals surface area contributed by atoms with Crippen LogP contribution < -0.4 is 11.1 Å². The van der Waals surface area contributed by atoms with Gasteiger partial charge in [0.2, 0.25) is 0 Å². The van der Waals surface area contributed by atoms with Crippen molar-refractivity contribution in [1.29, 1.82) is 5.26 Å². The van der Waals surface area contributed by atoms with Crippen LogP contribution in [0.3, 0.4) is 0 Å². The van der Waals surface area contributed by atoms with Crippen LogP contribution >= 0.6 is 27.3 Å². The van der Waals surface area contributed by atoms with Crippen LogP contribution in [-0.4, -0.2) is 11.8 Å². The van der Waals surface area contributed by atoms with Crippen molar-refractivity contribution in [3.63, 3.8) is 0 Å². The number of carbonyl (C=O) groups is 2. The lowest BCUT2D eigenvalue weighted by atomic mass is 9.88. The Labute approximate surface area is 197 Å². The summed E-state index contributed by atoms with van der Waals surface area (Å²) in [5, 5.41) is 12.7. The first kappa shape index (κ1) is 22.1. The van der Waals surface area contributed by atoms with E-state index in [2.05, 4.69) is 28.2 Å². The van der Waals surface area contributed by atoms with Gasteiger partial charge >= 0.3 is 0 Å². The number of benzene rings is 1. The van der Waals surface area contributed by atoms with Crippen molar-refractivity contribution in [2.24, 2.45) is 11.7 Å². The highest BCUT2D eigenvalue weighted by Crippen LogP contribution is 2.39. The number of thiophene rings is 1. The number of hydrogen-bond acceptors (Lipinski definition) is 5. The SMILES string of the molecule is CC1CCc2c(sc(NC(=O)/C(C#N)=C/c3ccc(-c4ccc(Br)cc4)o3)c2C(N)=O)C1. The molecule has 3 N–H and O–H groups in total. The molecule has 1 aliphatic rings. The van der Waals surface area contributed by atoms with E-state index in [0.717, 1.165) is 39.7 Å². The third-order valence-electron chi connectivity index (χ3n) is 5.39. The molecule has 0 spiro atoms. The maximum absolute atomic E-state index is 12.8. The second-order valence-corrected chi connectivity index (χ2v) is 9.77. The van der Waals surface area contributed by atoms with Gasteiger partial charge in [0.1, 0.15) is 28.2 Å². The molecule has 2 aromatic heterocycles. The van der Waals surface area contributed by atoms with Gasteiger partial charge in [-0.15, -0.1) is 11.3 Å². The highest BCUT2D eigenvalue weighted by atomic mass is 79.9. The maximum Gasteiger partial charge on any atom is 0.267 e. The monoisotopic (exact) mass is 509 g/mol. The van der Waals surface area contributed by atoms with Crippen molar-refractivity contribution in [1.82, 2.24) is 0 Å². The normalized spacial score (nSPS) is 15.7. The van der Waals surface area contributed by atoms with Gasteiger partial charge in [0.15, 0.2) is 0 Å². The molecular formula is C24H20BrN3O3S. The zero-order chi connectivity index (χ0) is 22.8. The summed E-state index contributed by atoms with van der Waals surface area (Å²) in [5.41, 5.74) is 7.64. The Bertz CT molecular complexity index is 1260. The number of carbonyl (C=O) groups excluding carboxylic acids is 2. The maximum atomic E-state index is 12.8. The summed E-state index contributed by atoms with van der Waals surface area (Å²) in [6, 6.07) is 13.0. The van der Waals surface area contributed by atoms with E-state index in [4.69, 9.17) is 10.2 Å². The molecule has 0 saturated heterocycles. The Morgan fingerprint density at radius 1 is 1.28 bits per heavy atom. The molecule has 0 bridgehead atoms.